The van der Waals surface area contributed by atoms with Gasteiger partial charge in [0.05, 0.1) is 0 Å². The van der Waals surface area contributed by atoms with E-state index < -0.39 is 5.92 Å². The summed E-state index contributed by atoms with van der Waals surface area (Å²) in [5.41, 5.74) is 1.99. The van der Waals surface area contributed by atoms with Crippen LogP contribution >= 0.6 is 34.8 Å². The first kappa shape index (κ1) is 27.5. The first-order valence-corrected chi connectivity index (χ1v) is 14.8. The summed E-state index contributed by atoms with van der Waals surface area (Å²) in [6, 6.07) is 13.2. The lowest BCUT2D eigenvalue weighted by molar-refractivity contribution is -0.138. The zero-order chi connectivity index (χ0) is 26.8. The van der Waals surface area contributed by atoms with Gasteiger partial charge in [0.15, 0.2) is 0 Å². The molecule has 0 heterocycles. The molecule has 0 unspecified atom stereocenters. The van der Waals surface area contributed by atoms with Crippen molar-refractivity contribution in [2.45, 2.75) is 63.2 Å². The summed E-state index contributed by atoms with van der Waals surface area (Å²) in [6.07, 6.45) is 6.84. The molecule has 3 amide bonds. The third-order valence-corrected chi connectivity index (χ3v) is 9.68. The molecule has 3 aliphatic carbocycles. The average molecular weight is 576 g/mol. The monoisotopic (exact) mass is 574 g/mol. The molecular formula is C30H33Cl3N2O3. The van der Waals surface area contributed by atoms with Gasteiger partial charge in [-0.2, -0.15) is 0 Å². The Morgan fingerprint density at radius 3 is 1.97 bits per heavy atom. The zero-order valence-corrected chi connectivity index (χ0v) is 23.5. The number of benzene rings is 2. The number of rotatable bonds is 7. The fourth-order valence-electron chi connectivity index (χ4n) is 6.23. The highest BCUT2D eigenvalue weighted by molar-refractivity contribution is 6.35. The van der Waals surface area contributed by atoms with E-state index in [1.54, 1.807) is 6.07 Å². The van der Waals surface area contributed by atoms with E-state index in [2.05, 4.69) is 10.6 Å². The van der Waals surface area contributed by atoms with E-state index in [1.807, 2.05) is 36.4 Å². The van der Waals surface area contributed by atoms with E-state index >= 15 is 0 Å². The normalized spacial score (nSPS) is 25.7. The van der Waals surface area contributed by atoms with Gasteiger partial charge in [0.25, 0.3) is 0 Å². The van der Waals surface area contributed by atoms with Crippen LogP contribution in [0, 0.1) is 23.7 Å². The third-order valence-electron chi connectivity index (χ3n) is 8.86. The summed E-state index contributed by atoms with van der Waals surface area (Å²) in [5, 5.41) is 7.65. The summed E-state index contributed by atoms with van der Waals surface area (Å²) in [6.45, 7) is 0.347. The van der Waals surface area contributed by atoms with Crippen LogP contribution in [0.15, 0.2) is 42.5 Å². The highest BCUT2D eigenvalue weighted by Gasteiger charge is 2.45. The molecule has 2 N–H and O–H groups in total. The predicted molar refractivity (Wildman–Crippen MR) is 150 cm³/mol. The smallest absolute Gasteiger partial charge is 0.230 e. The Morgan fingerprint density at radius 1 is 0.737 bits per heavy atom. The minimum absolute atomic E-state index is 0.00192. The molecule has 3 saturated carbocycles. The number of hydrogen-bond acceptors (Lipinski definition) is 3. The standard InChI is InChI=1S/C30H33Cl3N2O3/c31-20-9-7-17(8-10-20)27-23(22-12-11-21(32)15-26(22)33)13-14-24(30(38)35-29(37)19-5-2-6-19)25(27)16-34-28(36)18-3-1-4-18/h7-12,15,18-19,23-25,27H,1-6,13-14,16H2,(H,34,36)(H,35,37,38)/t23-,24+,25+,27-/m0/s1. The van der Waals surface area contributed by atoms with Crippen LogP contribution < -0.4 is 10.6 Å². The quantitative estimate of drug-likeness (QED) is 0.353. The van der Waals surface area contributed by atoms with Crippen molar-refractivity contribution >= 4 is 52.5 Å². The lowest BCUT2D eigenvalue weighted by atomic mass is 9.62. The van der Waals surface area contributed by atoms with Gasteiger partial charge in [0.1, 0.15) is 0 Å². The molecule has 0 aromatic heterocycles. The molecule has 2 aromatic carbocycles. The Hall–Kier alpha value is -2.08. The van der Waals surface area contributed by atoms with Gasteiger partial charge in [-0.05, 0) is 91.7 Å². The van der Waals surface area contributed by atoms with Crippen LogP contribution in [0.4, 0.5) is 0 Å². The van der Waals surface area contributed by atoms with Crippen LogP contribution in [0.1, 0.15) is 74.3 Å². The fourth-order valence-corrected chi connectivity index (χ4v) is 6.91. The van der Waals surface area contributed by atoms with Crippen molar-refractivity contribution < 1.29 is 14.4 Å². The average Bonchev–Trinajstić information content (AvgIpc) is 2.80. The Morgan fingerprint density at radius 2 is 1.37 bits per heavy atom. The zero-order valence-electron chi connectivity index (χ0n) is 21.2. The van der Waals surface area contributed by atoms with Crippen molar-refractivity contribution in [3.63, 3.8) is 0 Å². The minimum atomic E-state index is -0.427. The Balaban J connectivity index is 1.49. The van der Waals surface area contributed by atoms with E-state index in [4.69, 9.17) is 34.8 Å². The van der Waals surface area contributed by atoms with Crippen molar-refractivity contribution in [2.75, 3.05) is 6.54 Å². The van der Waals surface area contributed by atoms with E-state index in [0.717, 1.165) is 49.7 Å². The van der Waals surface area contributed by atoms with Gasteiger partial charge < -0.3 is 5.32 Å². The lowest BCUT2D eigenvalue weighted by Gasteiger charge is -2.44. The van der Waals surface area contributed by atoms with Gasteiger partial charge in [-0.1, -0.05) is 65.8 Å². The van der Waals surface area contributed by atoms with Crippen molar-refractivity contribution in [3.05, 3.63) is 68.7 Å². The van der Waals surface area contributed by atoms with Crippen LogP contribution in [0.25, 0.3) is 0 Å². The Bertz CT molecular complexity index is 1190. The van der Waals surface area contributed by atoms with Crippen molar-refractivity contribution in [1.82, 2.24) is 10.6 Å². The fraction of sp³-hybridized carbons (Fsp3) is 0.500. The number of hydrogen-bond donors (Lipinski definition) is 2. The highest BCUT2D eigenvalue weighted by atomic mass is 35.5. The molecule has 5 rings (SSSR count). The van der Waals surface area contributed by atoms with Gasteiger partial charge in [-0.3, -0.25) is 19.7 Å². The summed E-state index contributed by atoms with van der Waals surface area (Å²) < 4.78 is 0. The molecule has 0 saturated heterocycles. The van der Waals surface area contributed by atoms with E-state index in [-0.39, 0.29) is 47.3 Å². The van der Waals surface area contributed by atoms with Crippen LogP contribution in [0.3, 0.4) is 0 Å². The topological polar surface area (TPSA) is 75.3 Å². The van der Waals surface area contributed by atoms with Gasteiger partial charge >= 0.3 is 0 Å². The maximum Gasteiger partial charge on any atom is 0.230 e. The SMILES string of the molecule is O=C(NC[C@H]1[C@@H](c2ccc(Cl)cc2)[C@H](c2ccc(Cl)cc2Cl)CC[C@H]1C(=O)NC(=O)C1CCC1)C1CCC1. The van der Waals surface area contributed by atoms with E-state index in [9.17, 15) is 14.4 Å². The second kappa shape index (κ2) is 12.0. The maximum absolute atomic E-state index is 13.6. The molecule has 0 radical (unpaired) electrons. The van der Waals surface area contributed by atoms with Gasteiger partial charge in [-0.25, -0.2) is 0 Å². The van der Waals surface area contributed by atoms with Crippen molar-refractivity contribution in [3.8, 4) is 0 Å². The van der Waals surface area contributed by atoms with E-state index in [0.29, 0.717) is 34.5 Å². The van der Waals surface area contributed by atoms with Crippen LogP contribution in [-0.4, -0.2) is 24.3 Å². The second-order valence-electron chi connectivity index (χ2n) is 11.1. The molecule has 8 heteroatoms. The van der Waals surface area contributed by atoms with Gasteiger partial charge in [0, 0.05) is 39.4 Å². The number of carbonyl (C=O) groups excluding carboxylic acids is 3. The molecule has 38 heavy (non-hydrogen) atoms. The minimum Gasteiger partial charge on any atom is -0.356 e. The molecule has 0 spiro atoms. The summed E-state index contributed by atoms with van der Waals surface area (Å²) in [7, 11) is 0. The Kier molecular flexibility index (Phi) is 8.66. The third kappa shape index (κ3) is 5.90. The molecular weight excluding hydrogens is 543 g/mol. The number of imide groups is 1. The molecule has 4 atom stereocenters. The number of halogens is 3. The first-order chi connectivity index (χ1) is 18.3. The second-order valence-corrected chi connectivity index (χ2v) is 12.3. The van der Waals surface area contributed by atoms with Crippen LogP contribution in [0.2, 0.25) is 15.1 Å². The summed E-state index contributed by atoms with van der Waals surface area (Å²) >= 11 is 19.2. The molecule has 0 aliphatic heterocycles. The molecule has 3 fully saturated rings. The molecule has 202 valence electrons. The van der Waals surface area contributed by atoms with Crippen molar-refractivity contribution in [1.29, 1.82) is 0 Å². The van der Waals surface area contributed by atoms with Crippen LogP contribution in [-0.2, 0) is 14.4 Å². The molecule has 2 aromatic rings. The predicted octanol–water partition coefficient (Wildman–Crippen LogP) is 6.90. The maximum atomic E-state index is 13.6. The van der Waals surface area contributed by atoms with E-state index in [1.165, 1.54) is 0 Å². The number of amides is 3. The molecule has 3 aliphatic rings. The summed E-state index contributed by atoms with van der Waals surface area (Å²) in [5.74, 6) is -1.21. The first-order valence-electron chi connectivity index (χ1n) is 13.6. The number of carbonyl (C=O) groups is 3. The number of nitrogens with one attached hydrogen (secondary N) is 2. The Labute approximate surface area is 239 Å². The van der Waals surface area contributed by atoms with Crippen molar-refractivity contribution in [2.24, 2.45) is 23.7 Å². The molecule has 5 nitrogen and oxygen atoms in total. The molecule has 0 bridgehead atoms. The van der Waals surface area contributed by atoms with Crippen LogP contribution in [0.5, 0.6) is 0 Å². The lowest BCUT2D eigenvalue weighted by Crippen LogP contribution is -2.49. The van der Waals surface area contributed by atoms with Gasteiger partial charge in [0.2, 0.25) is 17.7 Å². The largest absolute Gasteiger partial charge is 0.356 e. The highest BCUT2D eigenvalue weighted by Crippen LogP contribution is 2.51. The van der Waals surface area contributed by atoms with Gasteiger partial charge in [-0.15, -0.1) is 0 Å². The summed E-state index contributed by atoms with van der Waals surface area (Å²) in [4.78, 5) is 39.1.